The van der Waals surface area contributed by atoms with Crippen LogP contribution in [-0.2, 0) is 9.53 Å². The van der Waals surface area contributed by atoms with E-state index in [0.717, 1.165) is 38.5 Å². The second-order valence-electron chi connectivity index (χ2n) is 5.52. The first-order valence-electron chi connectivity index (χ1n) is 7.43. The molecule has 0 radical (unpaired) electrons. The van der Waals surface area contributed by atoms with Gasteiger partial charge >= 0.3 is 0 Å². The van der Waals surface area contributed by atoms with Crippen molar-refractivity contribution in [3.8, 4) is 0 Å². The number of halogens is 1. The second-order valence-corrected chi connectivity index (χ2v) is 5.52. The molecule has 0 aromatic heterocycles. The third-order valence-corrected chi connectivity index (χ3v) is 4.04. The molecule has 1 unspecified atom stereocenters. The van der Waals surface area contributed by atoms with Gasteiger partial charge in [-0.15, -0.1) is 12.4 Å². The number of hydrogen-bond donors (Lipinski definition) is 2. The summed E-state index contributed by atoms with van der Waals surface area (Å²) in [6, 6.07) is 0. The summed E-state index contributed by atoms with van der Waals surface area (Å²) in [6.07, 6.45) is 7.90. The molecule has 0 aromatic rings. The fourth-order valence-corrected chi connectivity index (χ4v) is 2.79. The highest BCUT2D eigenvalue weighted by molar-refractivity contribution is 5.85. The summed E-state index contributed by atoms with van der Waals surface area (Å²) in [7, 11) is 0. The highest BCUT2D eigenvalue weighted by Gasteiger charge is 2.16. The van der Waals surface area contributed by atoms with Gasteiger partial charge in [-0.2, -0.15) is 0 Å². The maximum atomic E-state index is 11.7. The Labute approximate surface area is 122 Å². The van der Waals surface area contributed by atoms with Crippen molar-refractivity contribution in [1.29, 1.82) is 0 Å². The minimum Gasteiger partial charge on any atom is -0.376 e. The molecule has 112 valence electrons. The van der Waals surface area contributed by atoms with E-state index in [9.17, 15) is 4.79 Å². The lowest BCUT2D eigenvalue weighted by atomic mass is 9.93. The third-order valence-electron chi connectivity index (χ3n) is 4.04. The fraction of sp³-hybridized carbons (Fsp3) is 0.929. The quantitative estimate of drug-likeness (QED) is 0.813. The highest BCUT2D eigenvalue weighted by atomic mass is 35.5. The summed E-state index contributed by atoms with van der Waals surface area (Å²) in [5.74, 6) is 0.936. The van der Waals surface area contributed by atoms with E-state index in [-0.39, 0.29) is 24.4 Å². The molecule has 0 spiro atoms. The number of piperidine rings is 1. The number of nitrogens with one attached hydrogen (secondary N) is 2. The molecule has 2 N–H and O–H groups in total. The van der Waals surface area contributed by atoms with Crippen LogP contribution in [0.2, 0.25) is 0 Å². The Kier molecular flexibility index (Phi) is 8.42. The zero-order valence-corrected chi connectivity index (χ0v) is 12.5. The molecule has 5 heteroatoms. The van der Waals surface area contributed by atoms with Crippen LogP contribution in [0.15, 0.2) is 0 Å². The van der Waals surface area contributed by atoms with E-state index in [0.29, 0.717) is 13.0 Å². The molecule has 2 saturated heterocycles. The summed E-state index contributed by atoms with van der Waals surface area (Å²) < 4.78 is 5.60. The van der Waals surface area contributed by atoms with Crippen LogP contribution in [0.5, 0.6) is 0 Å². The van der Waals surface area contributed by atoms with Gasteiger partial charge in [-0.05, 0) is 57.5 Å². The highest BCUT2D eigenvalue weighted by Crippen LogP contribution is 2.17. The Balaban J connectivity index is 0.00000180. The lowest BCUT2D eigenvalue weighted by Crippen LogP contribution is -2.35. The van der Waals surface area contributed by atoms with Crippen molar-refractivity contribution in [2.45, 2.75) is 51.0 Å². The monoisotopic (exact) mass is 290 g/mol. The molecule has 2 heterocycles. The first kappa shape index (κ1) is 16.7. The van der Waals surface area contributed by atoms with E-state index < -0.39 is 0 Å². The van der Waals surface area contributed by atoms with Crippen molar-refractivity contribution in [1.82, 2.24) is 10.6 Å². The molecule has 1 amide bonds. The molecule has 0 saturated carbocycles. The lowest BCUT2D eigenvalue weighted by Gasteiger charge is -2.24. The predicted octanol–water partition coefficient (Wildman–Crippen LogP) is 1.87. The average molecular weight is 291 g/mol. The molecular formula is C14H27ClN2O2. The summed E-state index contributed by atoms with van der Waals surface area (Å²) in [4.78, 5) is 11.7. The van der Waals surface area contributed by atoms with Crippen molar-refractivity contribution in [2.24, 2.45) is 5.92 Å². The number of hydrogen-bond acceptors (Lipinski definition) is 3. The minimum atomic E-state index is 0. The van der Waals surface area contributed by atoms with Gasteiger partial charge < -0.3 is 15.4 Å². The largest absolute Gasteiger partial charge is 0.376 e. The van der Waals surface area contributed by atoms with E-state index in [1.807, 2.05) is 0 Å². The Morgan fingerprint density at radius 2 is 2.00 bits per heavy atom. The fourth-order valence-electron chi connectivity index (χ4n) is 2.79. The van der Waals surface area contributed by atoms with Gasteiger partial charge in [0.15, 0.2) is 0 Å². The number of carbonyl (C=O) groups is 1. The van der Waals surface area contributed by atoms with Crippen molar-refractivity contribution in [3.05, 3.63) is 0 Å². The number of ether oxygens (including phenoxy) is 1. The predicted molar refractivity (Wildman–Crippen MR) is 78.7 cm³/mol. The topological polar surface area (TPSA) is 50.4 Å². The van der Waals surface area contributed by atoms with Crippen LogP contribution < -0.4 is 10.6 Å². The average Bonchev–Trinajstić information content (AvgIpc) is 2.45. The molecule has 4 nitrogen and oxygen atoms in total. The van der Waals surface area contributed by atoms with Crippen LogP contribution in [0, 0.1) is 5.92 Å². The van der Waals surface area contributed by atoms with E-state index >= 15 is 0 Å². The Hall–Kier alpha value is -0.320. The molecule has 2 aliphatic heterocycles. The standard InChI is InChI=1S/C14H26N2O2.ClH/c17-14(5-4-12-6-8-15-9-7-12)16-11-13-3-1-2-10-18-13;/h12-13,15H,1-11H2,(H,16,17);1H. The van der Waals surface area contributed by atoms with Crippen molar-refractivity contribution >= 4 is 18.3 Å². The van der Waals surface area contributed by atoms with Crippen molar-refractivity contribution < 1.29 is 9.53 Å². The van der Waals surface area contributed by atoms with E-state index in [1.54, 1.807) is 0 Å². The van der Waals surface area contributed by atoms with Gasteiger partial charge in [0.1, 0.15) is 0 Å². The normalized spacial score (nSPS) is 24.5. The first-order valence-corrected chi connectivity index (χ1v) is 7.43. The molecule has 0 aromatic carbocycles. The maximum Gasteiger partial charge on any atom is 0.220 e. The molecule has 0 aliphatic carbocycles. The summed E-state index contributed by atoms with van der Waals surface area (Å²) in [5, 5.41) is 6.37. The van der Waals surface area contributed by atoms with Gasteiger partial charge in [-0.3, -0.25) is 4.79 Å². The zero-order chi connectivity index (χ0) is 12.6. The van der Waals surface area contributed by atoms with Crippen molar-refractivity contribution in [3.63, 3.8) is 0 Å². The Morgan fingerprint density at radius 1 is 1.21 bits per heavy atom. The second kappa shape index (κ2) is 9.56. The molecule has 0 bridgehead atoms. The van der Waals surface area contributed by atoms with Gasteiger partial charge in [0, 0.05) is 19.6 Å². The van der Waals surface area contributed by atoms with Crippen LogP contribution in [0.1, 0.15) is 44.9 Å². The lowest BCUT2D eigenvalue weighted by molar-refractivity contribution is -0.122. The van der Waals surface area contributed by atoms with E-state index in [2.05, 4.69) is 10.6 Å². The van der Waals surface area contributed by atoms with Gasteiger partial charge in [0.2, 0.25) is 5.91 Å². The van der Waals surface area contributed by atoms with Gasteiger partial charge in [-0.1, -0.05) is 0 Å². The SMILES string of the molecule is Cl.O=C(CCC1CCNCC1)NCC1CCCCO1. The Morgan fingerprint density at radius 3 is 2.68 bits per heavy atom. The first-order chi connectivity index (χ1) is 8.84. The minimum absolute atomic E-state index is 0. The van der Waals surface area contributed by atoms with Crippen molar-refractivity contribution in [2.75, 3.05) is 26.2 Å². The van der Waals surface area contributed by atoms with Gasteiger partial charge in [0.25, 0.3) is 0 Å². The van der Waals surface area contributed by atoms with Gasteiger partial charge in [0.05, 0.1) is 6.10 Å². The van der Waals surface area contributed by atoms with E-state index in [4.69, 9.17) is 4.74 Å². The number of carbonyl (C=O) groups excluding carboxylic acids is 1. The van der Waals surface area contributed by atoms with Crippen LogP contribution in [0.25, 0.3) is 0 Å². The summed E-state index contributed by atoms with van der Waals surface area (Å²) in [6.45, 7) is 3.78. The van der Waals surface area contributed by atoms with Crippen LogP contribution >= 0.6 is 12.4 Å². The molecule has 2 rings (SSSR count). The summed E-state index contributed by atoms with van der Waals surface area (Å²) >= 11 is 0. The van der Waals surface area contributed by atoms with Crippen LogP contribution in [0.3, 0.4) is 0 Å². The van der Waals surface area contributed by atoms with Crippen LogP contribution in [0.4, 0.5) is 0 Å². The van der Waals surface area contributed by atoms with Crippen LogP contribution in [-0.4, -0.2) is 38.3 Å². The third kappa shape index (κ3) is 6.59. The molecular weight excluding hydrogens is 264 g/mol. The van der Waals surface area contributed by atoms with E-state index in [1.165, 1.54) is 25.7 Å². The molecule has 1 atom stereocenters. The van der Waals surface area contributed by atoms with Gasteiger partial charge in [-0.25, -0.2) is 0 Å². The number of rotatable bonds is 5. The maximum absolute atomic E-state index is 11.7. The Bertz CT molecular complexity index is 228. The number of amides is 1. The molecule has 19 heavy (non-hydrogen) atoms. The summed E-state index contributed by atoms with van der Waals surface area (Å²) in [5.41, 5.74) is 0. The molecule has 2 aliphatic rings. The zero-order valence-electron chi connectivity index (χ0n) is 11.7. The molecule has 2 fully saturated rings. The smallest absolute Gasteiger partial charge is 0.220 e.